The zero-order valence-corrected chi connectivity index (χ0v) is 31.3. The zero-order valence-electron chi connectivity index (χ0n) is 31.3. The molecule has 1 atom stereocenters. The number of hydrogen-bond acceptors (Lipinski definition) is 4. The highest BCUT2D eigenvalue weighted by Gasteiger charge is 2.52. The van der Waals surface area contributed by atoms with E-state index in [-0.39, 0.29) is 0 Å². The third-order valence-corrected chi connectivity index (χ3v) is 11.6. The largest absolute Gasteiger partial charge is 0.456 e. The van der Waals surface area contributed by atoms with Gasteiger partial charge in [0.1, 0.15) is 11.5 Å². The summed E-state index contributed by atoms with van der Waals surface area (Å²) in [6.07, 6.45) is 0. The van der Waals surface area contributed by atoms with E-state index in [0.29, 0.717) is 11.4 Å². The van der Waals surface area contributed by atoms with Crippen LogP contribution in [-0.2, 0) is 5.41 Å². The van der Waals surface area contributed by atoms with Crippen molar-refractivity contribution in [2.75, 3.05) is 0 Å². The first kappa shape index (κ1) is 33.5. The van der Waals surface area contributed by atoms with Crippen LogP contribution in [0.3, 0.4) is 0 Å². The maximum atomic E-state index is 9.31. The Morgan fingerprint density at radius 2 is 0.966 bits per heavy atom. The van der Waals surface area contributed by atoms with Gasteiger partial charge in [0.2, 0.25) is 0 Å². The Labute approximate surface area is 337 Å². The minimum Gasteiger partial charge on any atom is -0.456 e. The Bertz CT molecular complexity index is 3020. The Hall–Kier alpha value is -7.87. The normalized spacial score (nSPS) is 14.4. The lowest BCUT2D eigenvalue weighted by molar-refractivity contribution is 0.438. The minimum atomic E-state index is -0.665. The summed E-state index contributed by atoms with van der Waals surface area (Å²) in [6.45, 7) is 0. The Balaban J connectivity index is 1.14. The second-order valence-electron chi connectivity index (χ2n) is 14.8. The summed E-state index contributed by atoms with van der Waals surface area (Å²) in [6, 6.07) is 71.9. The third kappa shape index (κ3) is 5.15. The van der Waals surface area contributed by atoms with Crippen molar-refractivity contribution in [2.24, 2.45) is 0 Å². The van der Waals surface area contributed by atoms with Crippen LogP contribution in [0.1, 0.15) is 27.8 Å². The van der Waals surface area contributed by atoms with Crippen molar-refractivity contribution in [3.05, 3.63) is 228 Å². The number of aromatic nitrogens is 2. The quantitative estimate of drug-likeness (QED) is 0.176. The summed E-state index contributed by atoms with van der Waals surface area (Å²) in [5.41, 5.74) is 16.0. The van der Waals surface area contributed by atoms with Gasteiger partial charge in [-0.2, -0.15) is 5.26 Å². The fraction of sp³-hybridized carbons (Fsp3) is 0.0185. The van der Waals surface area contributed by atoms with Gasteiger partial charge in [-0.1, -0.05) is 170 Å². The van der Waals surface area contributed by atoms with E-state index in [9.17, 15) is 5.26 Å². The van der Waals surface area contributed by atoms with Gasteiger partial charge in [0.05, 0.1) is 28.4 Å². The molecule has 11 rings (SSSR count). The van der Waals surface area contributed by atoms with Crippen LogP contribution in [0.4, 0.5) is 0 Å². The van der Waals surface area contributed by atoms with Gasteiger partial charge in [-0.05, 0) is 74.8 Å². The minimum absolute atomic E-state index is 0.655. The van der Waals surface area contributed by atoms with Crippen molar-refractivity contribution in [2.45, 2.75) is 5.41 Å². The summed E-state index contributed by atoms with van der Waals surface area (Å²) in [5, 5.41) is 9.31. The molecule has 2 heterocycles. The van der Waals surface area contributed by atoms with Crippen LogP contribution in [-0.4, -0.2) is 9.97 Å². The van der Waals surface area contributed by atoms with Crippen molar-refractivity contribution in [1.82, 2.24) is 9.97 Å². The van der Waals surface area contributed by atoms with Gasteiger partial charge in [0, 0.05) is 27.8 Å². The van der Waals surface area contributed by atoms with E-state index in [1.807, 2.05) is 60.7 Å². The Morgan fingerprint density at radius 1 is 0.414 bits per heavy atom. The molecule has 2 aliphatic rings. The first-order valence-electron chi connectivity index (χ1n) is 19.5. The molecule has 0 fully saturated rings. The number of fused-ring (bicyclic) bond motifs is 9. The lowest BCUT2D eigenvalue weighted by Crippen LogP contribution is -2.32. The molecule has 9 aromatic rings. The van der Waals surface area contributed by atoms with E-state index in [4.69, 9.17) is 14.7 Å². The van der Waals surface area contributed by atoms with Crippen LogP contribution in [0.2, 0.25) is 0 Å². The first-order chi connectivity index (χ1) is 28.7. The van der Waals surface area contributed by atoms with Crippen LogP contribution >= 0.6 is 0 Å². The Kier molecular flexibility index (Phi) is 7.74. The summed E-state index contributed by atoms with van der Waals surface area (Å²) in [5.74, 6) is 2.27. The molecule has 1 unspecified atom stereocenters. The van der Waals surface area contributed by atoms with Crippen molar-refractivity contribution in [1.29, 1.82) is 5.26 Å². The molecule has 0 amide bonds. The standard InChI is InChI=1S/C54H33N3O/c55-34-35-25-27-36(28-26-35)37-29-31-38(32-30-37)41-18-11-22-46-51(41)42-17-7-8-20-44(42)54(46)45-21-9-10-24-50(45)58-52-43(19-12-23-47(52)54)49-33-48(39-13-3-1-4-14-39)56-53(57-49)40-15-5-2-6-16-40/h1-33H. The molecular formula is C54H33N3O. The fourth-order valence-corrected chi connectivity index (χ4v) is 9.05. The van der Waals surface area contributed by atoms with Crippen LogP contribution < -0.4 is 4.74 Å². The molecule has 1 aliphatic carbocycles. The summed E-state index contributed by atoms with van der Waals surface area (Å²) in [7, 11) is 0. The molecule has 0 radical (unpaired) electrons. The molecule has 0 saturated heterocycles. The molecule has 4 nitrogen and oxygen atoms in total. The zero-order chi connectivity index (χ0) is 38.6. The van der Waals surface area contributed by atoms with Gasteiger partial charge < -0.3 is 4.74 Å². The van der Waals surface area contributed by atoms with Crippen LogP contribution in [0, 0.1) is 11.3 Å². The van der Waals surface area contributed by atoms with E-state index in [0.717, 1.165) is 67.4 Å². The van der Waals surface area contributed by atoms with E-state index >= 15 is 0 Å². The van der Waals surface area contributed by atoms with Crippen molar-refractivity contribution < 1.29 is 4.74 Å². The third-order valence-electron chi connectivity index (χ3n) is 11.6. The second kappa shape index (κ2) is 13.4. The second-order valence-corrected chi connectivity index (χ2v) is 14.8. The highest BCUT2D eigenvalue weighted by molar-refractivity contribution is 5.97. The molecule has 1 aromatic heterocycles. The number of nitriles is 1. The van der Waals surface area contributed by atoms with Gasteiger partial charge in [0.25, 0.3) is 0 Å². The average Bonchev–Trinajstić information content (AvgIpc) is 3.60. The number of rotatable bonds is 5. The van der Waals surface area contributed by atoms with Gasteiger partial charge in [-0.3, -0.25) is 0 Å². The monoisotopic (exact) mass is 739 g/mol. The lowest BCUT2D eigenvalue weighted by Gasteiger charge is -2.40. The van der Waals surface area contributed by atoms with Crippen LogP contribution in [0.25, 0.3) is 67.3 Å². The molecule has 58 heavy (non-hydrogen) atoms. The van der Waals surface area contributed by atoms with Crippen molar-refractivity contribution in [3.8, 4) is 84.9 Å². The molecule has 1 aliphatic heterocycles. The molecule has 4 heteroatoms. The fourth-order valence-electron chi connectivity index (χ4n) is 9.05. The van der Waals surface area contributed by atoms with E-state index in [1.165, 1.54) is 27.8 Å². The smallest absolute Gasteiger partial charge is 0.160 e. The highest BCUT2D eigenvalue weighted by Crippen LogP contribution is 2.64. The number of hydrogen-bond donors (Lipinski definition) is 0. The average molecular weight is 740 g/mol. The van der Waals surface area contributed by atoms with E-state index < -0.39 is 5.41 Å². The van der Waals surface area contributed by atoms with Gasteiger partial charge in [-0.15, -0.1) is 0 Å². The molecule has 8 aromatic carbocycles. The molecule has 0 bridgehead atoms. The number of para-hydroxylation sites is 2. The predicted molar refractivity (Wildman–Crippen MR) is 231 cm³/mol. The summed E-state index contributed by atoms with van der Waals surface area (Å²) >= 11 is 0. The number of nitrogens with zero attached hydrogens (tertiary/aromatic N) is 3. The first-order valence-corrected chi connectivity index (χ1v) is 19.5. The molecule has 0 N–H and O–H groups in total. The molecule has 270 valence electrons. The number of ether oxygens (including phenoxy) is 1. The summed E-state index contributed by atoms with van der Waals surface area (Å²) < 4.78 is 7.08. The van der Waals surface area contributed by atoms with Crippen molar-refractivity contribution >= 4 is 0 Å². The Morgan fingerprint density at radius 3 is 1.71 bits per heavy atom. The van der Waals surface area contributed by atoms with E-state index in [2.05, 4.69) is 146 Å². The molecular weight excluding hydrogens is 707 g/mol. The molecule has 0 saturated carbocycles. The van der Waals surface area contributed by atoms with Gasteiger partial charge >= 0.3 is 0 Å². The highest BCUT2D eigenvalue weighted by atomic mass is 16.5. The number of benzene rings is 8. The topological polar surface area (TPSA) is 58.8 Å². The van der Waals surface area contributed by atoms with Gasteiger partial charge in [-0.25, -0.2) is 9.97 Å². The lowest BCUT2D eigenvalue weighted by atomic mass is 9.65. The van der Waals surface area contributed by atoms with Crippen LogP contribution in [0.15, 0.2) is 200 Å². The van der Waals surface area contributed by atoms with Crippen molar-refractivity contribution in [3.63, 3.8) is 0 Å². The maximum Gasteiger partial charge on any atom is 0.160 e. The molecule has 1 spiro atoms. The SMILES string of the molecule is N#Cc1ccc(-c2ccc(-c3cccc4c3-c3ccccc3C43c4ccccc4Oc4c(-c5cc(-c6ccccc6)nc(-c6ccccc6)n5)cccc43)cc2)cc1. The maximum absolute atomic E-state index is 9.31. The van der Waals surface area contributed by atoms with Crippen LogP contribution in [0.5, 0.6) is 11.5 Å². The predicted octanol–water partition coefficient (Wildman–Crippen LogP) is 13.2. The summed E-state index contributed by atoms with van der Waals surface area (Å²) in [4.78, 5) is 10.3. The van der Waals surface area contributed by atoms with Gasteiger partial charge in [0.15, 0.2) is 5.82 Å². The van der Waals surface area contributed by atoms with E-state index in [1.54, 1.807) is 0 Å².